The van der Waals surface area contributed by atoms with Gasteiger partial charge in [0, 0.05) is 12.1 Å². The van der Waals surface area contributed by atoms with E-state index in [-0.39, 0.29) is 5.82 Å². The van der Waals surface area contributed by atoms with Gasteiger partial charge in [-0.2, -0.15) is 0 Å². The van der Waals surface area contributed by atoms with E-state index >= 15 is 0 Å². The molecule has 0 radical (unpaired) electrons. The lowest BCUT2D eigenvalue weighted by atomic mass is 9.79. The number of hydrogen-bond acceptors (Lipinski definition) is 3. The van der Waals surface area contributed by atoms with Gasteiger partial charge in [-0.3, -0.25) is 4.90 Å². The summed E-state index contributed by atoms with van der Waals surface area (Å²) < 4.78 is 13.7. The topological polar surface area (TPSA) is 43.7 Å². The summed E-state index contributed by atoms with van der Waals surface area (Å²) in [5.41, 5.74) is 0.881. The maximum Gasteiger partial charge on any atom is 0.488 e. The molecule has 2 rings (SSSR count). The summed E-state index contributed by atoms with van der Waals surface area (Å²) in [5.74, 6) is 0.467. The summed E-state index contributed by atoms with van der Waals surface area (Å²) in [6.45, 7) is 4.73. The van der Waals surface area contributed by atoms with Gasteiger partial charge in [0.1, 0.15) is 5.82 Å². The van der Waals surface area contributed by atoms with Crippen LogP contribution in [0.5, 0.6) is 0 Å². The van der Waals surface area contributed by atoms with Crippen molar-refractivity contribution < 1.29 is 14.4 Å². The number of nitrogens with zero attached hydrogens (tertiary/aromatic N) is 1. The summed E-state index contributed by atoms with van der Waals surface area (Å²) in [6.07, 6.45) is 2.29. The van der Waals surface area contributed by atoms with E-state index in [0.29, 0.717) is 17.6 Å². The molecule has 0 bridgehead atoms. The molecule has 1 saturated heterocycles. The van der Waals surface area contributed by atoms with Crippen LogP contribution in [0.3, 0.4) is 0 Å². The average Bonchev–Trinajstić information content (AvgIpc) is 2.34. The largest absolute Gasteiger partial charge is 0.488 e. The molecule has 2 N–H and O–H groups in total. The van der Waals surface area contributed by atoms with Crippen LogP contribution in [0.4, 0.5) is 4.39 Å². The zero-order chi connectivity index (χ0) is 13.1. The van der Waals surface area contributed by atoms with E-state index in [1.165, 1.54) is 18.2 Å². The molecule has 1 aliphatic heterocycles. The van der Waals surface area contributed by atoms with E-state index in [1.807, 2.05) is 0 Å². The van der Waals surface area contributed by atoms with Crippen LogP contribution in [-0.2, 0) is 6.54 Å². The van der Waals surface area contributed by atoms with Crippen LogP contribution in [0.1, 0.15) is 25.3 Å². The molecule has 0 unspecified atom stereocenters. The van der Waals surface area contributed by atoms with Gasteiger partial charge in [0.25, 0.3) is 0 Å². The summed E-state index contributed by atoms with van der Waals surface area (Å²) in [7, 11) is -1.54. The molecular weight excluding hydrogens is 232 g/mol. The first-order valence-electron chi connectivity index (χ1n) is 6.43. The Labute approximate surface area is 107 Å². The standard InChI is InChI=1S/C13H19BFNO2/c1-10-4-6-16(7-5-10)9-11-8-12(14(17)18)2-3-13(11)15/h2-3,8,10,17-18H,4-7,9H2,1H3. The second kappa shape index (κ2) is 5.82. The summed E-state index contributed by atoms with van der Waals surface area (Å²) >= 11 is 0. The van der Waals surface area contributed by atoms with Crippen molar-refractivity contribution in [2.75, 3.05) is 13.1 Å². The molecule has 3 nitrogen and oxygen atoms in total. The van der Waals surface area contributed by atoms with Crippen molar-refractivity contribution >= 4 is 12.6 Å². The third-order valence-electron chi connectivity index (χ3n) is 3.64. The molecular formula is C13H19BFNO2. The highest BCUT2D eigenvalue weighted by molar-refractivity contribution is 6.58. The number of rotatable bonds is 3. The van der Waals surface area contributed by atoms with Crippen molar-refractivity contribution in [3.05, 3.63) is 29.6 Å². The zero-order valence-corrected chi connectivity index (χ0v) is 10.6. The molecule has 1 fully saturated rings. The Morgan fingerprint density at radius 1 is 1.33 bits per heavy atom. The molecule has 0 spiro atoms. The van der Waals surface area contributed by atoms with Crippen molar-refractivity contribution in [3.63, 3.8) is 0 Å². The lowest BCUT2D eigenvalue weighted by Gasteiger charge is -2.30. The Bertz CT molecular complexity index is 406. The van der Waals surface area contributed by atoms with Crippen molar-refractivity contribution in [2.45, 2.75) is 26.3 Å². The van der Waals surface area contributed by atoms with Crippen molar-refractivity contribution in [3.8, 4) is 0 Å². The maximum atomic E-state index is 13.7. The molecule has 1 heterocycles. The molecule has 0 aliphatic carbocycles. The smallest absolute Gasteiger partial charge is 0.423 e. The fourth-order valence-electron chi connectivity index (χ4n) is 2.34. The van der Waals surface area contributed by atoms with Crippen LogP contribution >= 0.6 is 0 Å². The van der Waals surface area contributed by atoms with Gasteiger partial charge in [0.2, 0.25) is 0 Å². The summed E-state index contributed by atoms with van der Waals surface area (Å²) in [4.78, 5) is 2.21. The highest BCUT2D eigenvalue weighted by atomic mass is 19.1. The minimum absolute atomic E-state index is 0.280. The van der Waals surface area contributed by atoms with E-state index in [2.05, 4.69) is 11.8 Å². The third-order valence-corrected chi connectivity index (χ3v) is 3.64. The lowest BCUT2D eigenvalue weighted by Crippen LogP contribution is -2.34. The van der Waals surface area contributed by atoms with E-state index < -0.39 is 7.12 Å². The van der Waals surface area contributed by atoms with E-state index in [0.717, 1.165) is 31.8 Å². The maximum absolute atomic E-state index is 13.7. The zero-order valence-electron chi connectivity index (χ0n) is 10.6. The molecule has 18 heavy (non-hydrogen) atoms. The highest BCUT2D eigenvalue weighted by Crippen LogP contribution is 2.18. The van der Waals surface area contributed by atoms with Crippen LogP contribution in [0.15, 0.2) is 18.2 Å². The van der Waals surface area contributed by atoms with Gasteiger partial charge >= 0.3 is 7.12 Å². The van der Waals surface area contributed by atoms with Crippen molar-refractivity contribution in [1.82, 2.24) is 4.90 Å². The third kappa shape index (κ3) is 3.31. The quantitative estimate of drug-likeness (QED) is 0.778. The summed E-state index contributed by atoms with van der Waals surface area (Å²) in [6, 6.07) is 4.25. The van der Waals surface area contributed by atoms with Gasteiger partial charge in [0.05, 0.1) is 0 Å². The van der Waals surface area contributed by atoms with Crippen molar-refractivity contribution in [2.24, 2.45) is 5.92 Å². The van der Waals surface area contributed by atoms with Gasteiger partial charge in [-0.05, 0) is 43.4 Å². The van der Waals surface area contributed by atoms with E-state index in [1.54, 1.807) is 0 Å². The molecule has 98 valence electrons. The van der Waals surface area contributed by atoms with Crippen LogP contribution < -0.4 is 5.46 Å². The predicted molar refractivity (Wildman–Crippen MR) is 69.9 cm³/mol. The normalized spacial score (nSPS) is 18.0. The number of likely N-dealkylation sites (tertiary alicyclic amines) is 1. The number of benzene rings is 1. The molecule has 1 aromatic rings. The Morgan fingerprint density at radius 2 is 2.00 bits per heavy atom. The second-order valence-corrected chi connectivity index (χ2v) is 5.18. The van der Waals surface area contributed by atoms with Gasteiger partial charge < -0.3 is 10.0 Å². The molecule has 0 atom stereocenters. The molecule has 0 saturated carbocycles. The van der Waals surface area contributed by atoms with Gasteiger partial charge in [-0.1, -0.05) is 19.1 Å². The average molecular weight is 251 g/mol. The van der Waals surface area contributed by atoms with Crippen LogP contribution in [0.25, 0.3) is 0 Å². The number of hydrogen-bond donors (Lipinski definition) is 2. The highest BCUT2D eigenvalue weighted by Gasteiger charge is 2.18. The number of piperidine rings is 1. The van der Waals surface area contributed by atoms with Gasteiger partial charge in [-0.15, -0.1) is 0 Å². The minimum Gasteiger partial charge on any atom is -0.423 e. The number of halogens is 1. The first-order valence-corrected chi connectivity index (χ1v) is 6.43. The SMILES string of the molecule is CC1CCN(Cc2cc(B(O)O)ccc2F)CC1. The minimum atomic E-state index is -1.54. The van der Waals surface area contributed by atoms with Gasteiger partial charge in [0.15, 0.2) is 0 Å². The van der Waals surface area contributed by atoms with Crippen molar-refractivity contribution in [1.29, 1.82) is 0 Å². The monoisotopic (exact) mass is 251 g/mol. The molecule has 1 aliphatic rings. The van der Waals surface area contributed by atoms with Crippen LogP contribution in [0, 0.1) is 11.7 Å². The predicted octanol–water partition coefficient (Wildman–Crippen LogP) is 0.737. The fourth-order valence-corrected chi connectivity index (χ4v) is 2.34. The molecule has 5 heteroatoms. The first kappa shape index (κ1) is 13.5. The van der Waals surface area contributed by atoms with E-state index in [9.17, 15) is 4.39 Å². The molecule has 0 amide bonds. The Balaban J connectivity index is 2.06. The Kier molecular flexibility index (Phi) is 4.38. The Hall–Kier alpha value is -0.905. The summed E-state index contributed by atoms with van der Waals surface area (Å²) in [5, 5.41) is 18.2. The fraction of sp³-hybridized carbons (Fsp3) is 0.538. The Morgan fingerprint density at radius 3 is 2.61 bits per heavy atom. The van der Waals surface area contributed by atoms with Crippen LogP contribution in [-0.4, -0.2) is 35.2 Å². The first-order chi connectivity index (χ1) is 8.56. The lowest BCUT2D eigenvalue weighted by molar-refractivity contribution is 0.183. The van der Waals surface area contributed by atoms with Crippen LogP contribution in [0.2, 0.25) is 0 Å². The van der Waals surface area contributed by atoms with Gasteiger partial charge in [-0.25, -0.2) is 4.39 Å². The molecule has 1 aromatic carbocycles. The second-order valence-electron chi connectivity index (χ2n) is 5.18. The van der Waals surface area contributed by atoms with E-state index in [4.69, 9.17) is 10.0 Å². The molecule has 0 aromatic heterocycles.